The molecule has 4 rings (SSSR count). The van der Waals surface area contributed by atoms with Gasteiger partial charge in [-0.3, -0.25) is 9.78 Å². The number of carboxylic acid groups (broad SMARTS) is 2. The van der Waals surface area contributed by atoms with Gasteiger partial charge < -0.3 is 35.0 Å². The van der Waals surface area contributed by atoms with Crippen LogP contribution in [0.2, 0.25) is 5.02 Å². The summed E-state index contributed by atoms with van der Waals surface area (Å²) in [6.45, 7) is 2.64. The Kier molecular flexibility index (Phi) is 8.88. The van der Waals surface area contributed by atoms with E-state index in [4.69, 9.17) is 36.8 Å². The standard InChI is InChI=1S/C17H17ClN6O3.C4H6O6/c1-22-6-8-23(9-7-22)17(26)27-16-14-13(19-4-5-20-14)15(25)24(16)12-3-2-11(18)10-21-12;5-1(3(7)8)2(6)4(9)10/h2-5,10,16H,6-9H2,1H3;1-2,5-6H,(H,7,8)(H,9,10)/t;1-,2-/m.0/s1. The van der Waals surface area contributed by atoms with E-state index < -0.39 is 42.4 Å². The molecule has 2 aromatic rings. The fourth-order valence-electron chi connectivity index (χ4n) is 3.31. The van der Waals surface area contributed by atoms with Crippen LogP contribution in [0.4, 0.5) is 10.6 Å². The molecule has 3 atom stereocenters. The topological polar surface area (TPSA) is 207 Å². The van der Waals surface area contributed by atoms with Crippen molar-refractivity contribution in [2.24, 2.45) is 0 Å². The van der Waals surface area contributed by atoms with E-state index in [-0.39, 0.29) is 5.69 Å². The van der Waals surface area contributed by atoms with Crippen molar-refractivity contribution >= 4 is 41.4 Å². The molecule has 4 N–H and O–H groups in total. The van der Waals surface area contributed by atoms with Crippen LogP contribution in [0.3, 0.4) is 0 Å². The number of aliphatic carboxylic acids is 2. The molecule has 0 bridgehead atoms. The second-order valence-corrected chi connectivity index (χ2v) is 8.33. The first-order valence-electron chi connectivity index (χ1n) is 10.7. The number of carbonyl (C=O) groups excluding carboxylic acids is 2. The third kappa shape index (κ3) is 6.45. The predicted molar refractivity (Wildman–Crippen MR) is 124 cm³/mol. The molecule has 0 aromatic carbocycles. The van der Waals surface area contributed by atoms with Crippen molar-refractivity contribution in [2.75, 3.05) is 38.1 Å². The molecule has 0 spiro atoms. The van der Waals surface area contributed by atoms with Crippen LogP contribution in [0.5, 0.6) is 0 Å². The number of anilines is 1. The lowest BCUT2D eigenvalue weighted by molar-refractivity contribution is -0.165. The van der Waals surface area contributed by atoms with Gasteiger partial charge in [-0.05, 0) is 19.2 Å². The van der Waals surface area contributed by atoms with Crippen LogP contribution < -0.4 is 4.90 Å². The van der Waals surface area contributed by atoms with E-state index in [9.17, 15) is 19.2 Å². The minimum Gasteiger partial charge on any atom is -0.479 e. The molecule has 2 amide bonds. The summed E-state index contributed by atoms with van der Waals surface area (Å²) >= 11 is 5.89. The van der Waals surface area contributed by atoms with Gasteiger partial charge in [-0.25, -0.2) is 29.3 Å². The SMILES string of the molecule is CN1CCN(C(=O)OC2c3nccnc3C(=O)N2c2ccc(Cl)cn2)CC1.O=C(O)[C@@H](O)[C@H](O)C(=O)O. The molecule has 16 heteroatoms. The normalized spacial score (nSPS) is 18.8. The lowest BCUT2D eigenvalue weighted by Crippen LogP contribution is -2.48. The van der Waals surface area contributed by atoms with Crippen molar-refractivity contribution in [1.82, 2.24) is 24.8 Å². The van der Waals surface area contributed by atoms with Gasteiger partial charge >= 0.3 is 18.0 Å². The summed E-state index contributed by atoms with van der Waals surface area (Å²) < 4.78 is 5.68. The van der Waals surface area contributed by atoms with E-state index >= 15 is 0 Å². The van der Waals surface area contributed by atoms with Gasteiger partial charge in [0.25, 0.3) is 5.91 Å². The summed E-state index contributed by atoms with van der Waals surface area (Å²) in [5, 5.41) is 33.0. The van der Waals surface area contributed by atoms with Crippen LogP contribution in [-0.4, -0.2) is 115 Å². The zero-order valence-corrected chi connectivity index (χ0v) is 20.1. The number of likely N-dealkylation sites (N-methyl/N-ethyl adjacent to an activating group) is 1. The average molecular weight is 539 g/mol. The number of carboxylic acids is 2. The van der Waals surface area contributed by atoms with Crippen LogP contribution in [0.25, 0.3) is 0 Å². The van der Waals surface area contributed by atoms with Gasteiger partial charge in [0.05, 0.1) is 5.02 Å². The van der Waals surface area contributed by atoms with E-state index in [2.05, 4.69) is 19.9 Å². The first-order chi connectivity index (χ1) is 17.5. The van der Waals surface area contributed by atoms with Gasteiger partial charge in [0.1, 0.15) is 11.5 Å². The Morgan fingerprint density at radius 1 is 1.00 bits per heavy atom. The predicted octanol–water partition coefficient (Wildman–Crippen LogP) is -0.555. The monoisotopic (exact) mass is 538 g/mol. The smallest absolute Gasteiger partial charge is 0.412 e. The second kappa shape index (κ2) is 11.9. The van der Waals surface area contributed by atoms with Crippen molar-refractivity contribution < 1.29 is 44.3 Å². The molecular weight excluding hydrogens is 516 g/mol. The number of carbonyl (C=O) groups is 4. The molecule has 0 aliphatic carbocycles. The molecule has 1 unspecified atom stereocenters. The van der Waals surface area contributed by atoms with Gasteiger partial charge in [0, 0.05) is 44.8 Å². The number of amides is 2. The number of halogens is 1. The van der Waals surface area contributed by atoms with Crippen LogP contribution in [0.15, 0.2) is 30.7 Å². The van der Waals surface area contributed by atoms with Gasteiger partial charge in [0.2, 0.25) is 6.23 Å². The summed E-state index contributed by atoms with van der Waals surface area (Å²) in [6.07, 6.45) is -1.75. The highest BCUT2D eigenvalue weighted by Crippen LogP contribution is 2.35. The molecule has 4 heterocycles. The quantitative estimate of drug-likeness (QED) is 0.377. The number of nitrogens with zero attached hydrogens (tertiary/aromatic N) is 6. The summed E-state index contributed by atoms with van der Waals surface area (Å²) in [6, 6.07) is 3.20. The number of fused-ring (bicyclic) bond motifs is 1. The fraction of sp³-hybridized carbons (Fsp3) is 0.381. The van der Waals surface area contributed by atoms with E-state index in [0.717, 1.165) is 13.1 Å². The zero-order valence-electron chi connectivity index (χ0n) is 19.3. The Hall–Kier alpha value is -3.92. The molecule has 15 nitrogen and oxygen atoms in total. The van der Waals surface area contributed by atoms with Gasteiger partial charge in [-0.1, -0.05) is 11.6 Å². The van der Waals surface area contributed by atoms with E-state index in [0.29, 0.717) is 29.6 Å². The molecule has 198 valence electrons. The number of hydrogen-bond donors (Lipinski definition) is 4. The number of ether oxygens (including phenoxy) is 1. The van der Waals surface area contributed by atoms with Gasteiger partial charge in [-0.15, -0.1) is 0 Å². The molecule has 37 heavy (non-hydrogen) atoms. The minimum absolute atomic E-state index is 0.144. The van der Waals surface area contributed by atoms with Crippen molar-refractivity contribution in [2.45, 2.75) is 18.4 Å². The van der Waals surface area contributed by atoms with Crippen molar-refractivity contribution in [1.29, 1.82) is 0 Å². The number of aromatic nitrogens is 3. The Morgan fingerprint density at radius 3 is 2.14 bits per heavy atom. The first kappa shape index (κ1) is 27.7. The third-order valence-electron chi connectivity index (χ3n) is 5.35. The Bertz CT molecular complexity index is 1140. The maximum Gasteiger partial charge on any atom is 0.412 e. The molecule has 0 radical (unpaired) electrons. The van der Waals surface area contributed by atoms with E-state index in [1.54, 1.807) is 17.0 Å². The lowest BCUT2D eigenvalue weighted by Gasteiger charge is -2.33. The minimum atomic E-state index is -2.27. The Balaban J connectivity index is 0.000000325. The number of hydrogen-bond acceptors (Lipinski definition) is 11. The summed E-state index contributed by atoms with van der Waals surface area (Å²) in [5.41, 5.74) is 0.437. The maximum absolute atomic E-state index is 12.8. The molecule has 2 aliphatic heterocycles. The van der Waals surface area contributed by atoms with E-state index in [1.807, 2.05) is 7.05 Å². The van der Waals surface area contributed by atoms with Crippen LogP contribution in [0.1, 0.15) is 22.4 Å². The average Bonchev–Trinajstić information content (AvgIpc) is 3.15. The van der Waals surface area contributed by atoms with Gasteiger partial charge in [0.15, 0.2) is 17.9 Å². The summed E-state index contributed by atoms with van der Waals surface area (Å²) in [7, 11) is 2.00. The third-order valence-corrected chi connectivity index (χ3v) is 5.58. The van der Waals surface area contributed by atoms with Crippen LogP contribution >= 0.6 is 11.6 Å². The molecule has 1 fully saturated rings. The summed E-state index contributed by atoms with van der Waals surface area (Å²) in [4.78, 5) is 62.6. The van der Waals surface area contributed by atoms with Crippen molar-refractivity contribution in [3.05, 3.63) is 47.1 Å². The summed E-state index contributed by atoms with van der Waals surface area (Å²) in [5.74, 6) is -3.66. The Morgan fingerprint density at radius 2 is 1.59 bits per heavy atom. The molecule has 0 saturated carbocycles. The Labute approximate surface area is 214 Å². The highest BCUT2D eigenvalue weighted by Gasteiger charge is 2.44. The maximum atomic E-state index is 12.8. The first-order valence-corrected chi connectivity index (χ1v) is 11.1. The van der Waals surface area contributed by atoms with Gasteiger partial charge in [-0.2, -0.15) is 0 Å². The molecular formula is C21H23ClN6O9. The highest BCUT2D eigenvalue weighted by atomic mass is 35.5. The number of aliphatic hydroxyl groups is 2. The fourth-order valence-corrected chi connectivity index (χ4v) is 3.42. The molecule has 2 aliphatic rings. The number of aliphatic hydroxyl groups excluding tert-OH is 2. The van der Waals surface area contributed by atoms with Crippen molar-refractivity contribution in [3.8, 4) is 0 Å². The van der Waals surface area contributed by atoms with Crippen molar-refractivity contribution in [3.63, 3.8) is 0 Å². The molecule has 1 saturated heterocycles. The highest BCUT2D eigenvalue weighted by molar-refractivity contribution is 6.30. The second-order valence-electron chi connectivity index (χ2n) is 7.89. The van der Waals surface area contributed by atoms with Crippen LogP contribution in [-0.2, 0) is 14.3 Å². The lowest BCUT2D eigenvalue weighted by atomic mass is 10.2. The zero-order chi connectivity index (χ0) is 27.3. The van der Waals surface area contributed by atoms with Crippen LogP contribution in [0, 0.1) is 0 Å². The van der Waals surface area contributed by atoms with E-state index in [1.165, 1.54) is 23.5 Å². The number of pyridine rings is 1. The molecule has 2 aromatic heterocycles. The number of piperazine rings is 1. The largest absolute Gasteiger partial charge is 0.479 e. The number of rotatable bonds is 5.